The number of hydrogen-bond donors (Lipinski definition) is 2. The van der Waals surface area contributed by atoms with E-state index in [1.807, 2.05) is 30.3 Å². The molecule has 0 saturated carbocycles. The molecule has 82 valence electrons. The Bertz CT molecular complexity index is 473. The van der Waals surface area contributed by atoms with E-state index >= 15 is 0 Å². The van der Waals surface area contributed by atoms with Crippen LogP contribution in [0.2, 0.25) is 0 Å². The fourth-order valence-electron chi connectivity index (χ4n) is 1.28. The van der Waals surface area contributed by atoms with E-state index in [4.69, 9.17) is 5.73 Å². The number of nitrogens with one attached hydrogen (secondary N) is 1. The lowest BCUT2D eigenvalue weighted by Crippen LogP contribution is -2.05. The molecule has 1 aromatic carbocycles. The average molecular weight is 279 g/mol. The van der Waals surface area contributed by atoms with Gasteiger partial charge in [0.05, 0.1) is 16.7 Å². The largest absolute Gasteiger partial charge is 0.379 e. The van der Waals surface area contributed by atoms with Gasteiger partial charge in [0.1, 0.15) is 0 Å². The van der Waals surface area contributed by atoms with Gasteiger partial charge >= 0.3 is 0 Å². The second-order valence-corrected chi connectivity index (χ2v) is 4.10. The normalized spacial score (nSPS) is 10.1. The molecule has 0 saturated heterocycles. The molecule has 0 aliphatic rings. The van der Waals surface area contributed by atoms with Gasteiger partial charge in [-0.25, -0.2) is 9.97 Å². The first kappa shape index (κ1) is 10.9. The maximum Gasteiger partial charge on any atom is 0.220 e. The van der Waals surface area contributed by atoms with Crippen molar-refractivity contribution >= 4 is 27.6 Å². The highest BCUT2D eigenvalue weighted by atomic mass is 79.9. The highest BCUT2D eigenvalue weighted by molar-refractivity contribution is 9.10. The molecule has 0 atom stereocenters. The first-order valence-electron chi connectivity index (χ1n) is 4.81. The molecule has 0 aliphatic carbocycles. The standard InChI is InChI=1S/C11H11BrN4/c12-9-6-15-11(13)16-10(9)7-14-8-4-2-1-3-5-8/h1-6,14H,7H2,(H2,13,15,16). The summed E-state index contributed by atoms with van der Waals surface area (Å²) in [6.45, 7) is 0.608. The fraction of sp³-hybridized carbons (Fsp3) is 0.0909. The summed E-state index contributed by atoms with van der Waals surface area (Å²) in [6, 6.07) is 9.93. The van der Waals surface area contributed by atoms with Gasteiger partial charge < -0.3 is 11.1 Å². The molecule has 0 bridgehead atoms. The van der Waals surface area contributed by atoms with Crippen molar-refractivity contribution in [2.75, 3.05) is 11.1 Å². The molecule has 2 aromatic rings. The number of aromatic nitrogens is 2. The van der Waals surface area contributed by atoms with Crippen LogP contribution in [0.3, 0.4) is 0 Å². The third-order valence-corrected chi connectivity index (χ3v) is 2.73. The first-order chi connectivity index (χ1) is 7.75. The van der Waals surface area contributed by atoms with E-state index in [-0.39, 0.29) is 5.95 Å². The zero-order valence-electron chi connectivity index (χ0n) is 8.52. The number of benzene rings is 1. The Labute approximate surface area is 102 Å². The lowest BCUT2D eigenvalue weighted by atomic mass is 10.3. The number of anilines is 2. The summed E-state index contributed by atoms with van der Waals surface area (Å²) in [5.41, 5.74) is 7.42. The minimum absolute atomic E-state index is 0.285. The van der Waals surface area contributed by atoms with Crippen molar-refractivity contribution in [1.29, 1.82) is 0 Å². The second kappa shape index (κ2) is 4.94. The van der Waals surface area contributed by atoms with Gasteiger partial charge in [-0.15, -0.1) is 0 Å². The average Bonchev–Trinajstić information content (AvgIpc) is 2.32. The molecule has 0 aliphatic heterocycles. The van der Waals surface area contributed by atoms with Crippen molar-refractivity contribution in [3.8, 4) is 0 Å². The first-order valence-corrected chi connectivity index (χ1v) is 5.61. The molecule has 4 nitrogen and oxygen atoms in total. The highest BCUT2D eigenvalue weighted by Crippen LogP contribution is 2.15. The van der Waals surface area contributed by atoms with Crippen molar-refractivity contribution in [3.05, 3.63) is 46.7 Å². The molecule has 16 heavy (non-hydrogen) atoms. The van der Waals surface area contributed by atoms with Gasteiger partial charge in [-0.3, -0.25) is 0 Å². The molecular formula is C11H11BrN4. The van der Waals surface area contributed by atoms with Gasteiger partial charge in [0.15, 0.2) is 0 Å². The summed E-state index contributed by atoms with van der Waals surface area (Å²) >= 11 is 3.38. The van der Waals surface area contributed by atoms with Gasteiger partial charge in [-0.2, -0.15) is 0 Å². The topological polar surface area (TPSA) is 63.8 Å². The summed E-state index contributed by atoms with van der Waals surface area (Å²) in [5, 5.41) is 3.25. The fourth-order valence-corrected chi connectivity index (χ4v) is 1.61. The minimum atomic E-state index is 0.285. The SMILES string of the molecule is Nc1ncc(Br)c(CNc2ccccc2)n1. The van der Waals surface area contributed by atoms with E-state index in [0.717, 1.165) is 15.9 Å². The molecule has 1 aromatic heterocycles. The smallest absolute Gasteiger partial charge is 0.220 e. The molecule has 5 heteroatoms. The number of hydrogen-bond acceptors (Lipinski definition) is 4. The Hall–Kier alpha value is -1.62. The van der Waals surface area contributed by atoms with Crippen LogP contribution in [-0.2, 0) is 6.54 Å². The summed E-state index contributed by atoms with van der Waals surface area (Å²) in [4.78, 5) is 8.03. The van der Waals surface area contributed by atoms with Crippen molar-refractivity contribution < 1.29 is 0 Å². The van der Waals surface area contributed by atoms with Crippen molar-refractivity contribution in [2.24, 2.45) is 0 Å². The number of nitrogen functional groups attached to an aromatic ring is 1. The molecule has 0 radical (unpaired) electrons. The van der Waals surface area contributed by atoms with Gasteiger partial charge in [0.2, 0.25) is 5.95 Å². The van der Waals surface area contributed by atoms with Crippen molar-refractivity contribution in [3.63, 3.8) is 0 Å². The molecule has 0 spiro atoms. The Morgan fingerprint density at radius 3 is 2.75 bits per heavy atom. The van der Waals surface area contributed by atoms with Crippen LogP contribution in [0.1, 0.15) is 5.69 Å². The molecule has 1 heterocycles. The lowest BCUT2D eigenvalue weighted by Gasteiger charge is -2.07. The number of halogens is 1. The van der Waals surface area contributed by atoms with E-state index in [9.17, 15) is 0 Å². The quantitative estimate of drug-likeness (QED) is 0.905. The maximum atomic E-state index is 5.53. The third kappa shape index (κ3) is 2.70. The molecule has 2 rings (SSSR count). The van der Waals surface area contributed by atoms with Gasteiger partial charge in [0.25, 0.3) is 0 Å². The lowest BCUT2D eigenvalue weighted by molar-refractivity contribution is 1.00. The monoisotopic (exact) mass is 278 g/mol. The highest BCUT2D eigenvalue weighted by Gasteiger charge is 2.02. The molecule has 0 unspecified atom stereocenters. The van der Waals surface area contributed by atoms with E-state index in [0.29, 0.717) is 6.54 Å². The van der Waals surface area contributed by atoms with Crippen LogP contribution < -0.4 is 11.1 Å². The molecule has 0 amide bonds. The van der Waals surface area contributed by atoms with Crippen LogP contribution in [-0.4, -0.2) is 9.97 Å². The van der Waals surface area contributed by atoms with E-state index in [1.165, 1.54) is 0 Å². The predicted octanol–water partition coefficient (Wildman–Crippen LogP) is 2.43. The Balaban J connectivity index is 2.08. The Morgan fingerprint density at radius 2 is 2.00 bits per heavy atom. The van der Waals surface area contributed by atoms with E-state index < -0.39 is 0 Å². The van der Waals surface area contributed by atoms with E-state index in [1.54, 1.807) is 6.20 Å². The van der Waals surface area contributed by atoms with Crippen LogP contribution in [0.15, 0.2) is 41.0 Å². The van der Waals surface area contributed by atoms with Crippen LogP contribution >= 0.6 is 15.9 Å². The molecular weight excluding hydrogens is 268 g/mol. The Morgan fingerprint density at radius 1 is 1.25 bits per heavy atom. The Kier molecular flexibility index (Phi) is 3.36. The zero-order chi connectivity index (χ0) is 11.4. The molecule has 0 fully saturated rings. The molecule has 3 N–H and O–H groups in total. The summed E-state index contributed by atoms with van der Waals surface area (Å²) in [6.07, 6.45) is 1.66. The van der Waals surface area contributed by atoms with Gasteiger partial charge in [-0.1, -0.05) is 18.2 Å². The minimum Gasteiger partial charge on any atom is -0.379 e. The summed E-state index contributed by atoms with van der Waals surface area (Å²) in [7, 11) is 0. The number of rotatable bonds is 3. The second-order valence-electron chi connectivity index (χ2n) is 3.24. The predicted molar refractivity (Wildman–Crippen MR) is 67.9 cm³/mol. The van der Waals surface area contributed by atoms with Crippen LogP contribution in [0.25, 0.3) is 0 Å². The number of nitrogens with two attached hydrogens (primary N) is 1. The van der Waals surface area contributed by atoms with Crippen molar-refractivity contribution in [1.82, 2.24) is 9.97 Å². The van der Waals surface area contributed by atoms with Crippen LogP contribution in [0.4, 0.5) is 11.6 Å². The maximum absolute atomic E-state index is 5.53. The van der Waals surface area contributed by atoms with Gasteiger partial charge in [0, 0.05) is 11.9 Å². The number of para-hydroxylation sites is 1. The van der Waals surface area contributed by atoms with Crippen LogP contribution in [0.5, 0.6) is 0 Å². The zero-order valence-corrected chi connectivity index (χ0v) is 10.1. The summed E-state index contributed by atoms with van der Waals surface area (Å²) in [5.74, 6) is 0.285. The summed E-state index contributed by atoms with van der Waals surface area (Å²) < 4.78 is 0.852. The third-order valence-electron chi connectivity index (χ3n) is 2.07. The van der Waals surface area contributed by atoms with Crippen molar-refractivity contribution in [2.45, 2.75) is 6.54 Å². The number of nitrogens with zero attached hydrogens (tertiary/aromatic N) is 2. The van der Waals surface area contributed by atoms with E-state index in [2.05, 4.69) is 31.2 Å². The van der Waals surface area contributed by atoms with Gasteiger partial charge in [-0.05, 0) is 28.1 Å². The van der Waals surface area contributed by atoms with Crippen LogP contribution in [0, 0.1) is 0 Å².